The average Bonchev–Trinajstić information content (AvgIpc) is 2.59. The molecule has 1 rings (SSSR count). The molecule has 0 bridgehead atoms. The predicted octanol–water partition coefficient (Wildman–Crippen LogP) is 2.98. The van der Waals surface area contributed by atoms with Gasteiger partial charge in [-0.1, -0.05) is 20.3 Å². The number of hydrogen-bond acceptors (Lipinski definition) is 3. The highest BCUT2D eigenvalue weighted by atomic mass is 32.1. The van der Waals surface area contributed by atoms with Gasteiger partial charge < -0.3 is 5.32 Å². The van der Waals surface area contributed by atoms with Crippen LogP contribution >= 0.6 is 11.3 Å². The standard InChI is InChI=1S/C11H20N2S/c1-5-8(2)10(4)12-6-11-13-9(3)7-14-11/h7-8,10,12H,5-6H2,1-4H3. The van der Waals surface area contributed by atoms with Gasteiger partial charge >= 0.3 is 0 Å². The zero-order valence-electron chi connectivity index (χ0n) is 9.50. The molecule has 0 amide bonds. The molecular formula is C11H20N2S. The molecule has 0 aliphatic rings. The zero-order valence-corrected chi connectivity index (χ0v) is 10.3. The monoisotopic (exact) mass is 212 g/mol. The summed E-state index contributed by atoms with van der Waals surface area (Å²) in [6.45, 7) is 9.71. The van der Waals surface area contributed by atoms with Gasteiger partial charge in [0, 0.05) is 23.7 Å². The Balaban J connectivity index is 2.33. The van der Waals surface area contributed by atoms with Gasteiger partial charge in [-0.15, -0.1) is 11.3 Å². The van der Waals surface area contributed by atoms with Crippen molar-refractivity contribution in [3.05, 3.63) is 16.1 Å². The molecule has 0 fully saturated rings. The number of hydrogen-bond donors (Lipinski definition) is 1. The summed E-state index contributed by atoms with van der Waals surface area (Å²) >= 11 is 1.74. The lowest BCUT2D eigenvalue weighted by Crippen LogP contribution is -2.31. The van der Waals surface area contributed by atoms with Crippen molar-refractivity contribution in [1.82, 2.24) is 10.3 Å². The van der Waals surface area contributed by atoms with E-state index in [-0.39, 0.29) is 0 Å². The molecule has 1 heterocycles. The van der Waals surface area contributed by atoms with Gasteiger partial charge in [0.15, 0.2) is 0 Å². The van der Waals surface area contributed by atoms with Gasteiger partial charge in [-0.3, -0.25) is 0 Å². The van der Waals surface area contributed by atoms with Crippen molar-refractivity contribution in [2.45, 2.75) is 46.7 Å². The summed E-state index contributed by atoms with van der Waals surface area (Å²) in [5, 5.41) is 6.81. The van der Waals surface area contributed by atoms with Gasteiger partial charge in [0.1, 0.15) is 5.01 Å². The van der Waals surface area contributed by atoms with E-state index in [1.165, 1.54) is 11.4 Å². The second kappa shape index (κ2) is 5.47. The molecule has 0 aromatic carbocycles. The Morgan fingerprint density at radius 1 is 1.50 bits per heavy atom. The molecule has 2 atom stereocenters. The first-order chi connectivity index (χ1) is 6.63. The first-order valence-corrected chi connectivity index (χ1v) is 6.15. The molecule has 0 aliphatic heterocycles. The molecule has 3 heteroatoms. The largest absolute Gasteiger partial charge is 0.308 e. The van der Waals surface area contributed by atoms with E-state index in [1.54, 1.807) is 11.3 Å². The van der Waals surface area contributed by atoms with Crippen LogP contribution in [0.15, 0.2) is 5.38 Å². The lowest BCUT2D eigenvalue weighted by atomic mass is 10.0. The van der Waals surface area contributed by atoms with E-state index < -0.39 is 0 Å². The molecule has 0 radical (unpaired) electrons. The zero-order chi connectivity index (χ0) is 10.6. The molecule has 14 heavy (non-hydrogen) atoms. The minimum absolute atomic E-state index is 0.573. The van der Waals surface area contributed by atoms with Crippen molar-refractivity contribution >= 4 is 11.3 Å². The van der Waals surface area contributed by atoms with Gasteiger partial charge in [-0.25, -0.2) is 4.98 Å². The molecular weight excluding hydrogens is 192 g/mol. The van der Waals surface area contributed by atoms with Crippen LogP contribution in [0.1, 0.15) is 37.9 Å². The Bertz CT molecular complexity index is 270. The van der Waals surface area contributed by atoms with E-state index in [1.807, 2.05) is 6.92 Å². The normalized spacial score (nSPS) is 15.4. The average molecular weight is 212 g/mol. The van der Waals surface area contributed by atoms with E-state index in [9.17, 15) is 0 Å². The molecule has 0 spiro atoms. The van der Waals surface area contributed by atoms with E-state index in [4.69, 9.17) is 0 Å². The summed E-state index contributed by atoms with van der Waals surface area (Å²) in [5.41, 5.74) is 1.13. The molecule has 0 saturated heterocycles. The summed E-state index contributed by atoms with van der Waals surface area (Å²) in [6, 6.07) is 0.573. The smallest absolute Gasteiger partial charge is 0.107 e. The first-order valence-electron chi connectivity index (χ1n) is 5.27. The molecule has 0 saturated carbocycles. The topological polar surface area (TPSA) is 24.9 Å². The Kier molecular flexibility index (Phi) is 4.55. The summed E-state index contributed by atoms with van der Waals surface area (Å²) in [4.78, 5) is 4.42. The van der Waals surface area contributed by atoms with Crippen LogP contribution in [-0.4, -0.2) is 11.0 Å². The van der Waals surface area contributed by atoms with Crippen LogP contribution in [0.25, 0.3) is 0 Å². The highest BCUT2D eigenvalue weighted by molar-refractivity contribution is 7.09. The number of thiazole rings is 1. The Labute approximate surface area is 90.8 Å². The van der Waals surface area contributed by atoms with Gasteiger partial charge in [0.25, 0.3) is 0 Å². The van der Waals surface area contributed by atoms with Gasteiger partial charge in [-0.05, 0) is 19.8 Å². The van der Waals surface area contributed by atoms with Crippen molar-refractivity contribution in [2.24, 2.45) is 5.92 Å². The van der Waals surface area contributed by atoms with E-state index >= 15 is 0 Å². The van der Waals surface area contributed by atoms with Crippen LogP contribution < -0.4 is 5.32 Å². The highest BCUT2D eigenvalue weighted by Gasteiger charge is 2.09. The number of aromatic nitrogens is 1. The fourth-order valence-corrected chi connectivity index (χ4v) is 2.01. The fraction of sp³-hybridized carbons (Fsp3) is 0.727. The predicted molar refractivity (Wildman–Crippen MR) is 62.6 cm³/mol. The number of aryl methyl sites for hydroxylation is 1. The summed E-state index contributed by atoms with van der Waals surface area (Å²) in [6.07, 6.45) is 1.23. The maximum atomic E-state index is 4.42. The second-order valence-electron chi connectivity index (χ2n) is 3.94. The minimum Gasteiger partial charge on any atom is -0.308 e. The Morgan fingerprint density at radius 2 is 2.21 bits per heavy atom. The lowest BCUT2D eigenvalue weighted by Gasteiger charge is -2.18. The van der Waals surface area contributed by atoms with Gasteiger partial charge in [0.2, 0.25) is 0 Å². The van der Waals surface area contributed by atoms with Gasteiger partial charge in [0.05, 0.1) is 0 Å². The number of nitrogens with zero attached hydrogens (tertiary/aromatic N) is 1. The Morgan fingerprint density at radius 3 is 2.71 bits per heavy atom. The molecule has 2 unspecified atom stereocenters. The molecule has 0 aliphatic carbocycles. The van der Waals surface area contributed by atoms with Crippen molar-refractivity contribution < 1.29 is 0 Å². The van der Waals surface area contributed by atoms with Crippen LogP contribution in [0, 0.1) is 12.8 Å². The second-order valence-corrected chi connectivity index (χ2v) is 4.88. The van der Waals surface area contributed by atoms with Crippen molar-refractivity contribution in [2.75, 3.05) is 0 Å². The van der Waals surface area contributed by atoms with E-state index in [2.05, 4.69) is 36.5 Å². The maximum Gasteiger partial charge on any atom is 0.107 e. The first kappa shape index (κ1) is 11.7. The number of nitrogens with one attached hydrogen (secondary N) is 1. The Hall–Kier alpha value is -0.410. The molecule has 1 aromatic heterocycles. The van der Waals surface area contributed by atoms with Crippen LogP contribution in [0.2, 0.25) is 0 Å². The van der Waals surface area contributed by atoms with Crippen LogP contribution in [-0.2, 0) is 6.54 Å². The molecule has 1 N–H and O–H groups in total. The number of rotatable bonds is 5. The van der Waals surface area contributed by atoms with E-state index in [0.29, 0.717) is 6.04 Å². The summed E-state index contributed by atoms with van der Waals surface area (Å²) in [5.74, 6) is 0.732. The highest BCUT2D eigenvalue weighted by Crippen LogP contribution is 2.11. The van der Waals surface area contributed by atoms with Crippen molar-refractivity contribution in [1.29, 1.82) is 0 Å². The summed E-state index contributed by atoms with van der Waals surface area (Å²) in [7, 11) is 0. The van der Waals surface area contributed by atoms with Crippen LogP contribution in [0.3, 0.4) is 0 Å². The lowest BCUT2D eigenvalue weighted by molar-refractivity contribution is 0.389. The van der Waals surface area contributed by atoms with Gasteiger partial charge in [-0.2, -0.15) is 0 Å². The third-order valence-electron chi connectivity index (χ3n) is 2.74. The fourth-order valence-electron chi connectivity index (χ4n) is 1.29. The molecule has 2 nitrogen and oxygen atoms in total. The SMILES string of the molecule is CCC(C)C(C)NCc1nc(C)cs1. The molecule has 80 valence electrons. The third kappa shape index (κ3) is 3.39. The maximum absolute atomic E-state index is 4.42. The van der Waals surface area contributed by atoms with Crippen molar-refractivity contribution in [3.8, 4) is 0 Å². The third-order valence-corrected chi connectivity index (χ3v) is 3.71. The minimum atomic E-state index is 0.573. The quantitative estimate of drug-likeness (QED) is 0.811. The van der Waals surface area contributed by atoms with E-state index in [0.717, 1.165) is 18.2 Å². The van der Waals surface area contributed by atoms with Crippen LogP contribution in [0.4, 0.5) is 0 Å². The van der Waals surface area contributed by atoms with Crippen LogP contribution in [0.5, 0.6) is 0 Å². The molecule has 1 aromatic rings. The van der Waals surface area contributed by atoms with Crippen molar-refractivity contribution in [3.63, 3.8) is 0 Å². The summed E-state index contributed by atoms with van der Waals surface area (Å²) < 4.78 is 0.